The number of carbonyl (C=O) groups is 2. The number of carboxylic acid groups (broad SMARTS) is 1. The van der Waals surface area contributed by atoms with Crippen molar-refractivity contribution in [3.05, 3.63) is 34.4 Å². The third-order valence-corrected chi connectivity index (χ3v) is 3.06. The van der Waals surface area contributed by atoms with Crippen molar-refractivity contribution in [1.82, 2.24) is 5.32 Å². The van der Waals surface area contributed by atoms with Crippen LogP contribution in [-0.2, 0) is 4.74 Å². The number of carboxylic acids is 1. The molecule has 5 heteroatoms. The van der Waals surface area contributed by atoms with E-state index in [1.165, 1.54) is 0 Å². The van der Waals surface area contributed by atoms with Crippen LogP contribution in [0.4, 0.5) is 0 Å². The molecular weight excluding hydrogens is 258 g/mol. The van der Waals surface area contributed by atoms with Gasteiger partial charge >= 0.3 is 5.97 Å². The van der Waals surface area contributed by atoms with E-state index in [0.717, 1.165) is 0 Å². The number of amides is 1. The zero-order valence-corrected chi connectivity index (χ0v) is 12.3. The molecule has 0 bridgehead atoms. The molecule has 0 saturated heterocycles. The van der Waals surface area contributed by atoms with Crippen LogP contribution in [0.5, 0.6) is 0 Å². The van der Waals surface area contributed by atoms with Crippen molar-refractivity contribution >= 4 is 11.9 Å². The molecule has 0 aliphatic carbocycles. The van der Waals surface area contributed by atoms with Gasteiger partial charge in [0.2, 0.25) is 0 Å². The van der Waals surface area contributed by atoms with Crippen LogP contribution in [0, 0.1) is 13.8 Å². The van der Waals surface area contributed by atoms with E-state index >= 15 is 0 Å². The summed E-state index contributed by atoms with van der Waals surface area (Å²) >= 11 is 0. The van der Waals surface area contributed by atoms with E-state index in [9.17, 15) is 14.7 Å². The van der Waals surface area contributed by atoms with E-state index in [2.05, 4.69) is 5.32 Å². The molecule has 0 spiro atoms. The maximum absolute atomic E-state index is 12.2. The number of nitrogens with one attached hydrogen (secondary N) is 1. The molecule has 2 N–H and O–H groups in total. The van der Waals surface area contributed by atoms with Gasteiger partial charge in [0.1, 0.15) is 0 Å². The average Bonchev–Trinajstić information content (AvgIpc) is 2.38. The van der Waals surface area contributed by atoms with Crippen LogP contribution < -0.4 is 5.32 Å². The smallest absolute Gasteiger partial charge is 0.336 e. The Kier molecular flexibility index (Phi) is 5.70. The first-order valence-corrected chi connectivity index (χ1v) is 6.61. The summed E-state index contributed by atoms with van der Waals surface area (Å²) in [6, 6.07) is 3.46. The Bertz CT molecular complexity index is 511. The third-order valence-electron chi connectivity index (χ3n) is 3.06. The highest BCUT2D eigenvalue weighted by Gasteiger charge is 2.21. The third kappa shape index (κ3) is 3.81. The number of ether oxygens (including phenoxy) is 1. The standard InChI is InChI=1S/C15H21NO4/c1-5-20-11(4)8-16-14(17)12-9(2)6-7-10(3)13(12)15(18)19/h6-7,11H,5,8H2,1-4H3,(H,16,17)(H,18,19). The molecule has 20 heavy (non-hydrogen) atoms. The van der Waals surface area contributed by atoms with E-state index in [4.69, 9.17) is 4.74 Å². The number of carbonyl (C=O) groups excluding carboxylic acids is 1. The SMILES string of the molecule is CCOC(C)CNC(=O)c1c(C)ccc(C)c1C(=O)O. The number of aromatic carboxylic acids is 1. The van der Waals surface area contributed by atoms with Gasteiger partial charge in [0.15, 0.2) is 0 Å². The van der Waals surface area contributed by atoms with Gasteiger partial charge in [0, 0.05) is 13.2 Å². The first kappa shape index (κ1) is 16.2. The van der Waals surface area contributed by atoms with E-state index < -0.39 is 5.97 Å². The van der Waals surface area contributed by atoms with Gasteiger partial charge in [-0.3, -0.25) is 4.79 Å². The van der Waals surface area contributed by atoms with E-state index in [1.807, 2.05) is 13.8 Å². The van der Waals surface area contributed by atoms with Crippen molar-refractivity contribution in [1.29, 1.82) is 0 Å². The highest BCUT2D eigenvalue weighted by atomic mass is 16.5. The first-order valence-electron chi connectivity index (χ1n) is 6.61. The lowest BCUT2D eigenvalue weighted by molar-refractivity contribution is 0.0673. The topological polar surface area (TPSA) is 75.6 Å². The molecule has 1 atom stereocenters. The van der Waals surface area contributed by atoms with E-state index in [1.54, 1.807) is 26.0 Å². The summed E-state index contributed by atoms with van der Waals surface area (Å²) in [6.07, 6.45) is -0.109. The number of aryl methyl sites for hydroxylation is 2. The second kappa shape index (κ2) is 7.05. The summed E-state index contributed by atoms with van der Waals surface area (Å²) in [5.74, 6) is -1.47. The zero-order chi connectivity index (χ0) is 15.3. The van der Waals surface area contributed by atoms with Crippen LogP contribution in [0.2, 0.25) is 0 Å². The summed E-state index contributed by atoms with van der Waals surface area (Å²) < 4.78 is 5.33. The minimum absolute atomic E-state index is 0.0616. The number of hydrogen-bond acceptors (Lipinski definition) is 3. The van der Waals surface area contributed by atoms with Crippen molar-refractivity contribution in [3.63, 3.8) is 0 Å². The Morgan fingerprint density at radius 1 is 1.25 bits per heavy atom. The Morgan fingerprint density at radius 3 is 2.30 bits per heavy atom. The Balaban J connectivity index is 2.98. The molecule has 0 heterocycles. The van der Waals surface area contributed by atoms with Crippen molar-refractivity contribution in [2.45, 2.75) is 33.8 Å². The molecule has 0 aromatic heterocycles. The lowest BCUT2D eigenvalue weighted by Gasteiger charge is -2.15. The van der Waals surface area contributed by atoms with Gasteiger partial charge in [-0.15, -0.1) is 0 Å². The van der Waals surface area contributed by atoms with Crippen molar-refractivity contribution in [3.8, 4) is 0 Å². The molecule has 110 valence electrons. The predicted octanol–water partition coefficient (Wildman–Crippen LogP) is 2.16. The minimum atomic E-state index is -1.09. The van der Waals surface area contributed by atoms with Crippen LogP contribution in [0.1, 0.15) is 45.7 Å². The fourth-order valence-corrected chi connectivity index (χ4v) is 2.05. The molecular formula is C15H21NO4. The van der Waals surface area contributed by atoms with Gasteiger partial charge in [-0.05, 0) is 38.8 Å². The van der Waals surface area contributed by atoms with Crippen molar-refractivity contribution in [2.24, 2.45) is 0 Å². The van der Waals surface area contributed by atoms with Gasteiger partial charge in [0.25, 0.3) is 5.91 Å². The average molecular weight is 279 g/mol. The fraction of sp³-hybridized carbons (Fsp3) is 0.467. The normalized spacial score (nSPS) is 12.0. The first-order chi connectivity index (χ1) is 9.38. The van der Waals surface area contributed by atoms with Crippen LogP contribution in [-0.4, -0.2) is 36.2 Å². The van der Waals surface area contributed by atoms with Gasteiger partial charge in [-0.2, -0.15) is 0 Å². The Hall–Kier alpha value is -1.88. The summed E-state index contributed by atoms with van der Waals surface area (Å²) in [5, 5.41) is 12.0. The summed E-state index contributed by atoms with van der Waals surface area (Å²) in [5.41, 5.74) is 1.51. The van der Waals surface area contributed by atoms with Gasteiger partial charge < -0.3 is 15.2 Å². The number of rotatable bonds is 6. The van der Waals surface area contributed by atoms with E-state index in [0.29, 0.717) is 24.3 Å². The van der Waals surface area contributed by atoms with Gasteiger partial charge in [0.05, 0.1) is 17.2 Å². The molecule has 1 rings (SSSR count). The zero-order valence-electron chi connectivity index (χ0n) is 12.3. The predicted molar refractivity (Wildman–Crippen MR) is 76.3 cm³/mol. The second-order valence-corrected chi connectivity index (χ2v) is 4.73. The molecule has 1 amide bonds. The largest absolute Gasteiger partial charge is 0.478 e. The van der Waals surface area contributed by atoms with Gasteiger partial charge in [-0.25, -0.2) is 4.79 Å². The van der Waals surface area contributed by atoms with Crippen molar-refractivity contribution in [2.75, 3.05) is 13.2 Å². The minimum Gasteiger partial charge on any atom is -0.478 e. The van der Waals surface area contributed by atoms with Gasteiger partial charge in [-0.1, -0.05) is 12.1 Å². The molecule has 1 aromatic carbocycles. The summed E-state index contributed by atoms with van der Waals surface area (Å²) in [6.45, 7) is 8.06. The molecule has 1 unspecified atom stereocenters. The molecule has 0 aliphatic heterocycles. The molecule has 0 radical (unpaired) electrons. The number of hydrogen-bond donors (Lipinski definition) is 2. The molecule has 0 aliphatic rings. The van der Waals surface area contributed by atoms with Crippen LogP contribution in [0.15, 0.2) is 12.1 Å². The lowest BCUT2D eigenvalue weighted by atomic mass is 9.96. The van der Waals surface area contributed by atoms with Crippen LogP contribution >= 0.6 is 0 Å². The fourth-order valence-electron chi connectivity index (χ4n) is 2.05. The highest BCUT2D eigenvalue weighted by Crippen LogP contribution is 2.18. The van der Waals surface area contributed by atoms with Crippen LogP contribution in [0.25, 0.3) is 0 Å². The Labute approximate surface area is 118 Å². The monoisotopic (exact) mass is 279 g/mol. The summed E-state index contributed by atoms with van der Waals surface area (Å²) in [7, 11) is 0. The molecule has 5 nitrogen and oxygen atoms in total. The van der Waals surface area contributed by atoms with E-state index in [-0.39, 0.29) is 23.1 Å². The summed E-state index contributed by atoms with van der Waals surface area (Å²) in [4.78, 5) is 23.6. The lowest BCUT2D eigenvalue weighted by Crippen LogP contribution is -2.33. The highest BCUT2D eigenvalue weighted by molar-refractivity contribution is 6.06. The number of benzene rings is 1. The molecule has 1 aromatic rings. The molecule has 0 fully saturated rings. The maximum atomic E-state index is 12.2. The second-order valence-electron chi connectivity index (χ2n) is 4.73. The Morgan fingerprint density at radius 2 is 1.80 bits per heavy atom. The van der Waals surface area contributed by atoms with Crippen LogP contribution in [0.3, 0.4) is 0 Å². The maximum Gasteiger partial charge on any atom is 0.336 e. The molecule has 0 saturated carbocycles. The quantitative estimate of drug-likeness (QED) is 0.836. The van der Waals surface area contributed by atoms with Crippen molar-refractivity contribution < 1.29 is 19.4 Å².